The van der Waals surface area contributed by atoms with Gasteiger partial charge in [0.15, 0.2) is 0 Å². The van der Waals surface area contributed by atoms with E-state index in [1.54, 1.807) is 0 Å². The maximum absolute atomic E-state index is 12.8. The topological polar surface area (TPSA) is 0 Å². The minimum absolute atomic E-state index is 0.640. The molecule has 0 amide bonds. The van der Waals surface area contributed by atoms with Crippen molar-refractivity contribution in [3.8, 4) is 0 Å². The van der Waals surface area contributed by atoms with Gasteiger partial charge in [0.05, 0.1) is 5.56 Å². The zero-order chi connectivity index (χ0) is 17.0. The van der Waals surface area contributed by atoms with E-state index in [0.717, 1.165) is 34.4 Å². The molecule has 0 radical (unpaired) electrons. The Balaban J connectivity index is 2.07. The number of halogens is 3. The molecule has 0 aliphatic heterocycles. The van der Waals surface area contributed by atoms with Crippen LogP contribution >= 0.6 is 0 Å². The second-order valence-corrected chi connectivity index (χ2v) is 5.41. The molecule has 3 aromatic carbocycles. The van der Waals surface area contributed by atoms with Crippen LogP contribution in [0.5, 0.6) is 0 Å². The Morgan fingerprint density at radius 1 is 0.625 bits per heavy atom. The summed E-state index contributed by atoms with van der Waals surface area (Å²) in [6.07, 6.45) is -2.34. The van der Waals surface area contributed by atoms with Crippen LogP contribution < -0.4 is 0 Å². The van der Waals surface area contributed by atoms with Crippen LogP contribution in [0.15, 0.2) is 84.9 Å². The second kappa shape index (κ2) is 6.75. The van der Waals surface area contributed by atoms with Crippen LogP contribution in [0, 0.1) is 0 Å². The van der Waals surface area contributed by atoms with Gasteiger partial charge in [0.2, 0.25) is 0 Å². The molecule has 0 N–H and O–H groups in total. The molecule has 120 valence electrons. The zero-order valence-electron chi connectivity index (χ0n) is 12.8. The monoisotopic (exact) mass is 324 g/mol. The van der Waals surface area contributed by atoms with Crippen molar-refractivity contribution >= 4 is 11.6 Å². The Morgan fingerprint density at radius 2 is 1.12 bits per heavy atom. The molecule has 0 fully saturated rings. The fraction of sp³-hybridized carbons (Fsp3) is 0.0476. The first-order valence-electron chi connectivity index (χ1n) is 7.54. The Labute approximate surface area is 138 Å². The van der Waals surface area contributed by atoms with Gasteiger partial charge in [-0.1, -0.05) is 72.8 Å². The van der Waals surface area contributed by atoms with Crippen LogP contribution in [0.2, 0.25) is 0 Å². The van der Waals surface area contributed by atoms with Gasteiger partial charge in [-0.2, -0.15) is 13.2 Å². The molecule has 0 saturated heterocycles. The van der Waals surface area contributed by atoms with Crippen LogP contribution in [-0.4, -0.2) is 0 Å². The lowest BCUT2D eigenvalue weighted by Gasteiger charge is -2.11. The van der Waals surface area contributed by atoms with Gasteiger partial charge < -0.3 is 0 Å². The third-order valence-corrected chi connectivity index (χ3v) is 3.72. The van der Waals surface area contributed by atoms with E-state index in [0.29, 0.717) is 0 Å². The van der Waals surface area contributed by atoms with Crippen LogP contribution in [0.4, 0.5) is 13.2 Å². The van der Waals surface area contributed by atoms with Crippen molar-refractivity contribution < 1.29 is 13.2 Å². The predicted octanol–water partition coefficient (Wildman–Crippen LogP) is 6.29. The van der Waals surface area contributed by atoms with Crippen LogP contribution in [0.3, 0.4) is 0 Å². The molecule has 0 saturated carbocycles. The lowest BCUT2D eigenvalue weighted by atomic mass is 9.95. The number of hydrogen-bond donors (Lipinski definition) is 0. The molecule has 3 rings (SSSR count). The Hall–Kier alpha value is -2.81. The lowest BCUT2D eigenvalue weighted by molar-refractivity contribution is -0.137. The fourth-order valence-electron chi connectivity index (χ4n) is 2.51. The molecule has 0 bridgehead atoms. The average Bonchev–Trinajstić information content (AvgIpc) is 2.61. The standard InChI is InChI=1S/C21H15F3/c22-21(23,24)19-13-11-18(12-14-19)20(17-9-5-2-6-10-17)15-16-7-3-1-4-8-16/h1-15H. The highest BCUT2D eigenvalue weighted by molar-refractivity contribution is 5.91. The summed E-state index contributed by atoms with van der Waals surface area (Å²) in [5.74, 6) is 0. The van der Waals surface area contributed by atoms with Crippen LogP contribution in [-0.2, 0) is 6.18 Å². The summed E-state index contributed by atoms with van der Waals surface area (Å²) in [6, 6.07) is 24.6. The predicted molar refractivity (Wildman–Crippen MR) is 91.3 cm³/mol. The van der Waals surface area contributed by atoms with Gasteiger partial charge in [0.25, 0.3) is 0 Å². The van der Waals surface area contributed by atoms with Crippen molar-refractivity contribution in [2.45, 2.75) is 6.18 Å². The zero-order valence-corrected chi connectivity index (χ0v) is 12.8. The van der Waals surface area contributed by atoms with E-state index < -0.39 is 11.7 Å². The molecule has 0 aromatic heterocycles. The van der Waals surface area contributed by atoms with E-state index in [4.69, 9.17) is 0 Å². The molecule has 0 unspecified atom stereocenters. The summed E-state index contributed by atoms with van der Waals surface area (Å²) in [6.45, 7) is 0. The quantitative estimate of drug-likeness (QED) is 0.496. The molecule has 0 spiro atoms. The second-order valence-electron chi connectivity index (χ2n) is 5.41. The van der Waals surface area contributed by atoms with Gasteiger partial charge in [0, 0.05) is 0 Å². The van der Waals surface area contributed by atoms with Crippen molar-refractivity contribution in [1.82, 2.24) is 0 Å². The molecular formula is C21H15F3. The van der Waals surface area contributed by atoms with Crippen molar-refractivity contribution in [3.05, 3.63) is 107 Å². The van der Waals surface area contributed by atoms with Crippen LogP contribution in [0.1, 0.15) is 22.3 Å². The highest BCUT2D eigenvalue weighted by atomic mass is 19.4. The SMILES string of the molecule is FC(F)(F)c1ccc(C(=Cc2ccccc2)c2ccccc2)cc1. The van der Waals surface area contributed by atoms with Gasteiger partial charge in [-0.25, -0.2) is 0 Å². The highest BCUT2D eigenvalue weighted by Gasteiger charge is 2.30. The fourth-order valence-corrected chi connectivity index (χ4v) is 2.51. The smallest absolute Gasteiger partial charge is 0.166 e. The maximum Gasteiger partial charge on any atom is 0.416 e. The third kappa shape index (κ3) is 3.74. The molecule has 0 aliphatic rings. The van der Waals surface area contributed by atoms with Gasteiger partial charge in [-0.3, -0.25) is 0 Å². The van der Waals surface area contributed by atoms with E-state index in [9.17, 15) is 13.2 Å². The number of alkyl halides is 3. The summed E-state index contributed by atoms with van der Waals surface area (Å²) >= 11 is 0. The van der Waals surface area contributed by atoms with Crippen molar-refractivity contribution in [3.63, 3.8) is 0 Å². The van der Waals surface area contributed by atoms with E-state index in [1.807, 2.05) is 66.7 Å². The Bertz CT molecular complexity index is 814. The van der Waals surface area contributed by atoms with Gasteiger partial charge in [-0.05, 0) is 40.5 Å². The van der Waals surface area contributed by atoms with Gasteiger partial charge in [0.1, 0.15) is 0 Å². The minimum atomic E-state index is -4.32. The highest BCUT2D eigenvalue weighted by Crippen LogP contribution is 2.32. The minimum Gasteiger partial charge on any atom is -0.166 e. The molecular weight excluding hydrogens is 309 g/mol. The normalized spacial score (nSPS) is 12.2. The Morgan fingerprint density at radius 3 is 1.67 bits per heavy atom. The Kier molecular flexibility index (Phi) is 4.52. The number of benzene rings is 3. The number of rotatable bonds is 3. The molecule has 24 heavy (non-hydrogen) atoms. The van der Waals surface area contributed by atoms with Gasteiger partial charge >= 0.3 is 6.18 Å². The van der Waals surface area contributed by atoms with Crippen molar-refractivity contribution in [1.29, 1.82) is 0 Å². The lowest BCUT2D eigenvalue weighted by Crippen LogP contribution is -2.04. The summed E-state index contributed by atoms with van der Waals surface area (Å²) in [5, 5.41) is 0. The van der Waals surface area contributed by atoms with Crippen molar-refractivity contribution in [2.75, 3.05) is 0 Å². The molecule has 0 heterocycles. The van der Waals surface area contributed by atoms with Crippen molar-refractivity contribution in [2.24, 2.45) is 0 Å². The van der Waals surface area contributed by atoms with E-state index in [1.165, 1.54) is 12.1 Å². The van der Waals surface area contributed by atoms with E-state index >= 15 is 0 Å². The summed E-state index contributed by atoms with van der Waals surface area (Å²) in [5.41, 5.74) is 2.95. The molecule has 0 atom stereocenters. The summed E-state index contributed by atoms with van der Waals surface area (Å²) in [4.78, 5) is 0. The first kappa shape index (κ1) is 16.1. The molecule has 0 aliphatic carbocycles. The van der Waals surface area contributed by atoms with Gasteiger partial charge in [-0.15, -0.1) is 0 Å². The summed E-state index contributed by atoms with van der Waals surface area (Å²) < 4.78 is 38.3. The average molecular weight is 324 g/mol. The van der Waals surface area contributed by atoms with E-state index in [-0.39, 0.29) is 0 Å². The maximum atomic E-state index is 12.8. The molecule has 0 nitrogen and oxygen atoms in total. The first-order chi connectivity index (χ1) is 11.5. The third-order valence-electron chi connectivity index (χ3n) is 3.72. The van der Waals surface area contributed by atoms with E-state index in [2.05, 4.69) is 0 Å². The largest absolute Gasteiger partial charge is 0.416 e. The van der Waals surface area contributed by atoms with Crippen LogP contribution in [0.25, 0.3) is 11.6 Å². The molecule has 3 heteroatoms. The first-order valence-corrected chi connectivity index (χ1v) is 7.54. The number of hydrogen-bond acceptors (Lipinski definition) is 0. The molecule has 3 aromatic rings. The summed E-state index contributed by atoms with van der Waals surface area (Å²) in [7, 11) is 0.